The Hall–Kier alpha value is -1.54. The largest absolute Gasteiger partial charge is 0.361 e. The van der Waals surface area contributed by atoms with Gasteiger partial charge in [0, 0.05) is 21.5 Å². The molecule has 0 aliphatic rings. The minimum atomic E-state index is 0.615. The van der Waals surface area contributed by atoms with Crippen molar-refractivity contribution >= 4 is 22.2 Å². The van der Waals surface area contributed by atoms with E-state index in [1.165, 1.54) is 26.2 Å². The number of fused-ring (bicyclic) bond motifs is 1. The van der Waals surface area contributed by atoms with Crippen LogP contribution in [0, 0.1) is 0 Å². The van der Waals surface area contributed by atoms with E-state index in [2.05, 4.69) is 55.2 Å². The van der Waals surface area contributed by atoms with Crippen molar-refractivity contribution in [2.45, 2.75) is 33.6 Å². The van der Waals surface area contributed by atoms with Gasteiger partial charge in [-0.05, 0) is 47.2 Å². The van der Waals surface area contributed by atoms with Crippen molar-refractivity contribution < 1.29 is 0 Å². The van der Waals surface area contributed by atoms with Crippen LogP contribution in [-0.4, -0.2) is 4.98 Å². The normalized spacial score (nSPS) is 10.6. The number of nitrogens with one attached hydrogen (secondary N) is 1. The monoisotopic (exact) mass is 271 g/mol. The van der Waals surface area contributed by atoms with Gasteiger partial charge in [-0.3, -0.25) is 0 Å². The first kappa shape index (κ1) is 13.9. The number of rotatable bonds is 2. The molecular weight excluding hydrogens is 250 g/mol. The molecule has 2 heteroatoms. The highest BCUT2D eigenvalue weighted by Crippen LogP contribution is 2.33. The van der Waals surface area contributed by atoms with Gasteiger partial charge >= 0.3 is 0 Å². The highest BCUT2D eigenvalue weighted by molar-refractivity contribution is 7.15. The van der Waals surface area contributed by atoms with E-state index >= 15 is 0 Å². The topological polar surface area (TPSA) is 15.8 Å². The minimum absolute atomic E-state index is 0.615. The maximum atomic E-state index is 3.23. The zero-order chi connectivity index (χ0) is 13.8. The lowest BCUT2D eigenvalue weighted by Gasteiger charge is -2.00. The van der Waals surface area contributed by atoms with E-state index in [-0.39, 0.29) is 0 Å². The summed E-state index contributed by atoms with van der Waals surface area (Å²) in [7, 11) is 0. The number of aromatic amines is 1. The number of thiophene rings is 1. The van der Waals surface area contributed by atoms with Crippen molar-refractivity contribution in [3.63, 3.8) is 0 Å². The van der Waals surface area contributed by atoms with Crippen LogP contribution in [-0.2, 0) is 0 Å². The lowest BCUT2D eigenvalue weighted by molar-refractivity contribution is 0.890. The molecule has 0 fully saturated rings. The second-order valence-corrected chi connectivity index (χ2v) is 5.75. The van der Waals surface area contributed by atoms with Crippen molar-refractivity contribution in [2.75, 3.05) is 0 Å². The maximum absolute atomic E-state index is 3.23. The lowest BCUT2D eigenvalue weighted by atomic mass is 10.1. The molecule has 3 rings (SSSR count). The van der Waals surface area contributed by atoms with E-state index in [4.69, 9.17) is 0 Å². The van der Waals surface area contributed by atoms with Crippen LogP contribution in [0.25, 0.3) is 21.3 Å². The van der Waals surface area contributed by atoms with E-state index in [0.29, 0.717) is 5.92 Å². The van der Waals surface area contributed by atoms with Crippen LogP contribution in [0.3, 0.4) is 0 Å². The first-order valence-electron chi connectivity index (χ1n) is 6.91. The summed E-state index contributed by atoms with van der Waals surface area (Å²) >= 11 is 1.90. The molecule has 0 aliphatic carbocycles. The van der Waals surface area contributed by atoms with Gasteiger partial charge in [0.15, 0.2) is 0 Å². The van der Waals surface area contributed by atoms with Crippen LogP contribution in [0.4, 0.5) is 0 Å². The van der Waals surface area contributed by atoms with Gasteiger partial charge in [0.05, 0.1) is 0 Å². The fourth-order valence-corrected chi connectivity index (χ4v) is 3.03. The van der Waals surface area contributed by atoms with Crippen LogP contribution < -0.4 is 0 Å². The van der Waals surface area contributed by atoms with Gasteiger partial charge < -0.3 is 4.98 Å². The molecule has 0 amide bonds. The first-order valence-corrected chi connectivity index (χ1v) is 7.73. The highest BCUT2D eigenvalue weighted by Gasteiger charge is 2.06. The molecule has 19 heavy (non-hydrogen) atoms. The molecule has 0 atom stereocenters. The van der Waals surface area contributed by atoms with Crippen LogP contribution in [0.5, 0.6) is 0 Å². The van der Waals surface area contributed by atoms with Gasteiger partial charge in [0.2, 0.25) is 0 Å². The second-order valence-electron chi connectivity index (χ2n) is 4.64. The molecule has 1 aromatic carbocycles. The van der Waals surface area contributed by atoms with E-state index < -0.39 is 0 Å². The molecule has 2 aromatic heterocycles. The Morgan fingerprint density at radius 3 is 2.47 bits per heavy atom. The molecule has 1 N–H and O–H groups in total. The van der Waals surface area contributed by atoms with E-state index in [0.717, 1.165) is 0 Å². The standard InChI is InChI=1S/C15H15NS.C2H6/c1-10(2)14-5-6-15(17-14)12-3-4-13-11(9-12)7-8-16-13;1-2/h3-10,16H,1-2H3;1-2H3. The molecule has 2 heterocycles. The van der Waals surface area contributed by atoms with Crippen LogP contribution in [0.2, 0.25) is 0 Å². The van der Waals surface area contributed by atoms with Gasteiger partial charge in [-0.1, -0.05) is 33.8 Å². The minimum Gasteiger partial charge on any atom is -0.361 e. The molecular formula is C17H21NS. The summed E-state index contributed by atoms with van der Waals surface area (Å²) in [5, 5.41) is 1.28. The summed E-state index contributed by atoms with van der Waals surface area (Å²) < 4.78 is 0. The third-order valence-corrected chi connectivity index (χ3v) is 4.47. The Morgan fingerprint density at radius 2 is 1.79 bits per heavy atom. The summed E-state index contributed by atoms with van der Waals surface area (Å²) in [5.74, 6) is 0.615. The van der Waals surface area contributed by atoms with Crippen molar-refractivity contribution in [1.29, 1.82) is 0 Å². The number of H-pyrrole nitrogens is 1. The average molecular weight is 271 g/mol. The smallest absolute Gasteiger partial charge is 0.0454 e. The van der Waals surface area contributed by atoms with E-state index in [1.54, 1.807) is 0 Å². The first-order chi connectivity index (χ1) is 9.24. The molecule has 0 bridgehead atoms. The third-order valence-electron chi connectivity index (χ3n) is 3.03. The van der Waals surface area contributed by atoms with Crippen LogP contribution in [0.1, 0.15) is 38.5 Å². The van der Waals surface area contributed by atoms with E-state index in [1.807, 2.05) is 31.4 Å². The molecule has 0 saturated carbocycles. The molecule has 0 aliphatic heterocycles. The maximum Gasteiger partial charge on any atom is 0.0454 e. The van der Waals surface area contributed by atoms with Crippen LogP contribution >= 0.6 is 11.3 Å². The molecule has 0 saturated heterocycles. The quantitative estimate of drug-likeness (QED) is 0.584. The Balaban J connectivity index is 0.000000637. The summed E-state index contributed by atoms with van der Waals surface area (Å²) in [4.78, 5) is 6.04. The molecule has 1 nitrogen and oxygen atoms in total. The predicted octanol–water partition coefficient (Wildman–Crippen LogP) is 6.05. The molecule has 0 radical (unpaired) electrons. The lowest BCUT2D eigenvalue weighted by Crippen LogP contribution is -1.77. The number of aromatic nitrogens is 1. The number of hydrogen-bond acceptors (Lipinski definition) is 1. The zero-order valence-corrected chi connectivity index (χ0v) is 12.8. The summed E-state index contributed by atoms with van der Waals surface area (Å²) in [6.07, 6.45) is 1.99. The molecule has 100 valence electrons. The van der Waals surface area contributed by atoms with Gasteiger partial charge in [-0.2, -0.15) is 0 Å². The third kappa shape index (κ3) is 2.90. The fourth-order valence-electron chi connectivity index (χ4n) is 2.02. The Bertz CT molecular complexity index is 646. The SMILES string of the molecule is CC.CC(C)c1ccc(-c2ccc3[nH]ccc3c2)s1. The second kappa shape index (κ2) is 6.07. The number of hydrogen-bond donors (Lipinski definition) is 1. The summed E-state index contributed by atoms with van der Waals surface area (Å²) in [5.41, 5.74) is 2.52. The average Bonchev–Trinajstić information content (AvgIpc) is 3.09. The van der Waals surface area contributed by atoms with Gasteiger partial charge in [0.1, 0.15) is 0 Å². The predicted molar refractivity (Wildman–Crippen MR) is 87.0 cm³/mol. The number of benzene rings is 1. The summed E-state index contributed by atoms with van der Waals surface area (Å²) in [6, 6.07) is 13.2. The van der Waals surface area contributed by atoms with Crippen molar-refractivity contribution in [3.8, 4) is 10.4 Å². The van der Waals surface area contributed by atoms with Crippen molar-refractivity contribution in [3.05, 3.63) is 47.5 Å². The molecule has 3 aromatic rings. The fraction of sp³-hybridized carbons (Fsp3) is 0.294. The highest BCUT2D eigenvalue weighted by atomic mass is 32.1. The van der Waals surface area contributed by atoms with Gasteiger partial charge in [-0.25, -0.2) is 0 Å². The Labute approximate surface area is 119 Å². The van der Waals surface area contributed by atoms with Gasteiger partial charge in [0.25, 0.3) is 0 Å². The molecule has 0 unspecified atom stereocenters. The van der Waals surface area contributed by atoms with E-state index in [9.17, 15) is 0 Å². The zero-order valence-electron chi connectivity index (χ0n) is 12.0. The summed E-state index contributed by atoms with van der Waals surface area (Å²) in [6.45, 7) is 8.48. The van der Waals surface area contributed by atoms with Crippen LogP contribution in [0.15, 0.2) is 42.6 Å². The van der Waals surface area contributed by atoms with Gasteiger partial charge in [-0.15, -0.1) is 11.3 Å². The van der Waals surface area contributed by atoms with Crippen molar-refractivity contribution in [1.82, 2.24) is 4.98 Å². The van der Waals surface area contributed by atoms with Crippen molar-refractivity contribution in [2.24, 2.45) is 0 Å². The Morgan fingerprint density at radius 1 is 1.00 bits per heavy atom. The molecule has 0 spiro atoms. The Kier molecular flexibility index (Phi) is 4.43.